The number of nitrogen functional groups attached to an aromatic ring is 1. The molecule has 6 nitrogen and oxygen atoms in total. The summed E-state index contributed by atoms with van der Waals surface area (Å²) < 4.78 is 5.29. The highest BCUT2D eigenvalue weighted by Gasteiger charge is 2.23. The summed E-state index contributed by atoms with van der Waals surface area (Å²) in [6.07, 6.45) is 2.37. The number of hydrogen-bond acceptors (Lipinski definition) is 7. The minimum atomic E-state index is 0.476. The number of methoxy groups -OCH3 is 1. The monoisotopic (exact) mass is 293 g/mol. The molecule has 2 aromatic heterocycles. The van der Waals surface area contributed by atoms with Gasteiger partial charge in [-0.25, -0.2) is 10.8 Å². The molecule has 108 valence electrons. The Morgan fingerprint density at radius 2 is 2.45 bits per heavy atom. The summed E-state index contributed by atoms with van der Waals surface area (Å²) in [7, 11) is 1.76. The minimum absolute atomic E-state index is 0.476. The molecular weight excluding hydrogens is 274 g/mol. The summed E-state index contributed by atoms with van der Waals surface area (Å²) in [5, 5.41) is 3.15. The summed E-state index contributed by atoms with van der Waals surface area (Å²) in [6.45, 7) is 2.79. The van der Waals surface area contributed by atoms with Gasteiger partial charge in [0, 0.05) is 20.2 Å². The number of nitrogens with two attached hydrogens (primary N) is 1. The normalized spacial score (nSPS) is 19.5. The van der Waals surface area contributed by atoms with Gasteiger partial charge in [-0.3, -0.25) is 5.43 Å². The summed E-state index contributed by atoms with van der Waals surface area (Å²) in [5.74, 6) is 7.49. The molecule has 0 amide bonds. The summed E-state index contributed by atoms with van der Waals surface area (Å²) in [5.41, 5.74) is 2.56. The van der Waals surface area contributed by atoms with E-state index in [9.17, 15) is 0 Å². The van der Waals surface area contributed by atoms with Gasteiger partial charge in [-0.2, -0.15) is 4.98 Å². The molecule has 0 bridgehead atoms. The van der Waals surface area contributed by atoms with E-state index < -0.39 is 0 Å². The zero-order valence-electron chi connectivity index (χ0n) is 11.5. The van der Waals surface area contributed by atoms with E-state index in [4.69, 9.17) is 10.6 Å². The number of anilines is 2. The van der Waals surface area contributed by atoms with Crippen molar-refractivity contribution in [3.05, 3.63) is 11.4 Å². The minimum Gasteiger partial charge on any atom is -0.384 e. The van der Waals surface area contributed by atoms with Gasteiger partial charge in [0.1, 0.15) is 10.6 Å². The first-order chi connectivity index (χ1) is 9.81. The fourth-order valence-electron chi connectivity index (χ4n) is 2.77. The smallest absolute Gasteiger partial charge is 0.240 e. The Kier molecular flexibility index (Phi) is 4.00. The summed E-state index contributed by atoms with van der Waals surface area (Å²) in [6, 6.07) is 2.08. The van der Waals surface area contributed by atoms with Crippen LogP contribution in [-0.4, -0.2) is 36.8 Å². The van der Waals surface area contributed by atoms with Crippen LogP contribution in [0.15, 0.2) is 11.4 Å². The predicted molar refractivity (Wildman–Crippen MR) is 82.0 cm³/mol. The number of aromatic nitrogens is 2. The fraction of sp³-hybridized carbons (Fsp3) is 0.538. The van der Waals surface area contributed by atoms with Crippen LogP contribution in [0.5, 0.6) is 0 Å². The largest absolute Gasteiger partial charge is 0.384 e. The van der Waals surface area contributed by atoms with Crippen LogP contribution in [0.2, 0.25) is 0 Å². The first-order valence-electron chi connectivity index (χ1n) is 6.77. The zero-order chi connectivity index (χ0) is 13.9. The number of ether oxygens (including phenoxy) is 1. The maximum atomic E-state index is 5.47. The molecule has 0 aromatic carbocycles. The topological polar surface area (TPSA) is 76.3 Å². The Labute approximate surface area is 121 Å². The van der Waals surface area contributed by atoms with E-state index in [-0.39, 0.29) is 0 Å². The van der Waals surface area contributed by atoms with Gasteiger partial charge in [0.05, 0.1) is 12.0 Å². The number of hydrazine groups is 1. The highest BCUT2D eigenvalue weighted by molar-refractivity contribution is 7.16. The van der Waals surface area contributed by atoms with Crippen molar-refractivity contribution < 1.29 is 4.74 Å². The molecule has 1 unspecified atom stereocenters. The molecule has 1 fully saturated rings. The average Bonchev–Trinajstić information content (AvgIpc) is 2.95. The van der Waals surface area contributed by atoms with Crippen LogP contribution >= 0.6 is 11.3 Å². The molecule has 20 heavy (non-hydrogen) atoms. The molecule has 3 N–H and O–H groups in total. The van der Waals surface area contributed by atoms with Crippen molar-refractivity contribution in [1.29, 1.82) is 0 Å². The first kappa shape index (κ1) is 13.5. The van der Waals surface area contributed by atoms with Crippen molar-refractivity contribution in [3.63, 3.8) is 0 Å². The standard InChI is InChI=1S/C13H19N5OS/c1-19-8-9-3-2-5-18(7-9)11-10-4-6-20-12(10)16-13(15-11)17-14/h4,6,9H,2-3,5,7-8,14H2,1H3,(H,15,16,17). The van der Waals surface area contributed by atoms with Crippen molar-refractivity contribution in [2.45, 2.75) is 12.8 Å². The lowest BCUT2D eigenvalue weighted by molar-refractivity contribution is 0.143. The van der Waals surface area contributed by atoms with Gasteiger partial charge in [-0.1, -0.05) is 0 Å². The van der Waals surface area contributed by atoms with Gasteiger partial charge < -0.3 is 9.64 Å². The van der Waals surface area contributed by atoms with Crippen molar-refractivity contribution in [2.75, 3.05) is 37.1 Å². The van der Waals surface area contributed by atoms with Gasteiger partial charge in [0.15, 0.2) is 0 Å². The zero-order valence-corrected chi connectivity index (χ0v) is 12.3. The number of hydrogen-bond donors (Lipinski definition) is 2. The van der Waals surface area contributed by atoms with Gasteiger partial charge in [0.25, 0.3) is 0 Å². The fourth-order valence-corrected chi connectivity index (χ4v) is 3.53. The molecule has 1 atom stereocenters. The molecule has 1 aliphatic heterocycles. The van der Waals surface area contributed by atoms with Crippen molar-refractivity contribution >= 4 is 33.3 Å². The third-order valence-electron chi connectivity index (χ3n) is 3.65. The maximum absolute atomic E-state index is 5.47. The first-order valence-corrected chi connectivity index (χ1v) is 7.65. The lowest BCUT2D eigenvalue weighted by Crippen LogP contribution is -2.37. The summed E-state index contributed by atoms with van der Waals surface area (Å²) >= 11 is 1.61. The molecule has 3 rings (SSSR count). The second kappa shape index (κ2) is 5.90. The highest BCUT2D eigenvalue weighted by Crippen LogP contribution is 2.31. The number of thiophene rings is 1. The SMILES string of the molecule is COCC1CCCN(c2nc(NN)nc3sccc23)C1. The van der Waals surface area contributed by atoms with E-state index in [1.54, 1.807) is 18.4 Å². The van der Waals surface area contributed by atoms with E-state index in [0.717, 1.165) is 42.2 Å². The second-order valence-corrected chi connectivity index (χ2v) is 5.96. The van der Waals surface area contributed by atoms with Crippen LogP contribution in [0.1, 0.15) is 12.8 Å². The maximum Gasteiger partial charge on any atom is 0.240 e. The Morgan fingerprint density at radius 3 is 3.25 bits per heavy atom. The Balaban J connectivity index is 1.93. The number of fused-ring (bicyclic) bond motifs is 1. The highest BCUT2D eigenvalue weighted by atomic mass is 32.1. The van der Waals surface area contributed by atoms with E-state index in [2.05, 4.69) is 26.4 Å². The van der Waals surface area contributed by atoms with Crippen molar-refractivity contribution in [1.82, 2.24) is 9.97 Å². The third kappa shape index (κ3) is 2.56. The Morgan fingerprint density at radius 1 is 1.55 bits per heavy atom. The molecule has 2 aromatic rings. The number of nitrogens with one attached hydrogen (secondary N) is 1. The number of piperidine rings is 1. The number of nitrogens with zero attached hydrogens (tertiary/aromatic N) is 3. The van der Waals surface area contributed by atoms with Gasteiger partial charge in [-0.15, -0.1) is 11.3 Å². The molecular formula is C13H19N5OS. The van der Waals surface area contributed by atoms with E-state index in [1.807, 2.05) is 5.38 Å². The van der Waals surface area contributed by atoms with Gasteiger partial charge in [0.2, 0.25) is 5.95 Å². The van der Waals surface area contributed by atoms with Crippen LogP contribution in [0.3, 0.4) is 0 Å². The predicted octanol–water partition coefficient (Wildman–Crippen LogP) is 1.84. The molecule has 0 saturated carbocycles. The molecule has 0 radical (unpaired) electrons. The Bertz CT molecular complexity index is 585. The molecule has 7 heteroatoms. The summed E-state index contributed by atoms with van der Waals surface area (Å²) in [4.78, 5) is 12.2. The molecule has 1 saturated heterocycles. The quantitative estimate of drug-likeness (QED) is 0.662. The van der Waals surface area contributed by atoms with E-state index in [0.29, 0.717) is 11.9 Å². The van der Waals surface area contributed by atoms with Crippen LogP contribution < -0.4 is 16.2 Å². The lowest BCUT2D eigenvalue weighted by atomic mass is 9.99. The van der Waals surface area contributed by atoms with E-state index >= 15 is 0 Å². The average molecular weight is 293 g/mol. The van der Waals surface area contributed by atoms with Crippen LogP contribution in [0.25, 0.3) is 10.2 Å². The van der Waals surface area contributed by atoms with Gasteiger partial charge in [-0.05, 0) is 30.2 Å². The molecule has 3 heterocycles. The van der Waals surface area contributed by atoms with E-state index in [1.165, 1.54) is 6.42 Å². The molecule has 1 aliphatic rings. The van der Waals surface area contributed by atoms with Crippen molar-refractivity contribution in [2.24, 2.45) is 11.8 Å². The van der Waals surface area contributed by atoms with Gasteiger partial charge >= 0.3 is 0 Å². The van der Waals surface area contributed by atoms with Crippen LogP contribution in [0, 0.1) is 5.92 Å². The number of rotatable bonds is 4. The molecule has 0 spiro atoms. The van der Waals surface area contributed by atoms with Crippen LogP contribution in [-0.2, 0) is 4.74 Å². The second-order valence-electron chi connectivity index (χ2n) is 5.06. The molecule has 0 aliphatic carbocycles. The van der Waals surface area contributed by atoms with Crippen molar-refractivity contribution in [3.8, 4) is 0 Å². The van der Waals surface area contributed by atoms with Crippen LogP contribution in [0.4, 0.5) is 11.8 Å². The lowest BCUT2D eigenvalue weighted by Gasteiger charge is -2.33. The third-order valence-corrected chi connectivity index (χ3v) is 4.46. The Hall–Kier alpha value is -1.44.